The van der Waals surface area contributed by atoms with Crippen molar-refractivity contribution in [3.63, 3.8) is 0 Å². The Labute approximate surface area is 154 Å². The monoisotopic (exact) mass is 359 g/mol. The molecule has 0 spiro atoms. The number of hydrogen-bond donors (Lipinski definition) is 1. The van der Waals surface area contributed by atoms with E-state index in [4.69, 9.17) is 0 Å². The molecule has 3 heterocycles. The molecule has 134 valence electrons. The third-order valence-corrected chi connectivity index (χ3v) is 4.31. The molecule has 0 saturated carbocycles. The van der Waals surface area contributed by atoms with E-state index in [2.05, 4.69) is 15.4 Å². The summed E-state index contributed by atoms with van der Waals surface area (Å²) in [6.07, 6.45) is 3.94. The van der Waals surface area contributed by atoms with Gasteiger partial charge < -0.3 is 9.72 Å². The number of nitrogens with zero attached hydrogens (tertiary/aromatic N) is 4. The van der Waals surface area contributed by atoms with Crippen LogP contribution in [-0.4, -0.2) is 25.1 Å². The number of fused-ring (bicyclic) bond motifs is 1. The SMILES string of the molecule is Cc1cccn2cc(-c3ccc(NC(=O)c4ccc(=O)n(C)n4)cc3)nc12. The van der Waals surface area contributed by atoms with Gasteiger partial charge in [-0.25, -0.2) is 9.67 Å². The Morgan fingerprint density at radius 2 is 1.85 bits per heavy atom. The van der Waals surface area contributed by atoms with Gasteiger partial charge in [-0.3, -0.25) is 9.59 Å². The molecule has 0 saturated heterocycles. The van der Waals surface area contributed by atoms with Crippen molar-refractivity contribution >= 4 is 17.2 Å². The van der Waals surface area contributed by atoms with Gasteiger partial charge in [-0.2, -0.15) is 5.10 Å². The quantitative estimate of drug-likeness (QED) is 0.610. The van der Waals surface area contributed by atoms with E-state index in [0.29, 0.717) is 5.69 Å². The van der Waals surface area contributed by atoms with Crippen LogP contribution in [0, 0.1) is 6.92 Å². The predicted molar refractivity (Wildman–Crippen MR) is 103 cm³/mol. The summed E-state index contributed by atoms with van der Waals surface area (Å²) in [7, 11) is 1.50. The Kier molecular flexibility index (Phi) is 4.04. The predicted octanol–water partition coefficient (Wildman–Crippen LogP) is 2.66. The number of aromatic nitrogens is 4. The third kappa shape index (κ3) is 3.22. The highest BCUT2D eigenvalue weighted by molar-refractivity contribution is 6.02. The van der Waals surface area contributed by atoms with Crippen LogP contribution < -0.4 is 10.9 Å². The van der Waals surface area contributed by atoms with E-state index in [0.717, 1.165) is 27.1 Å². The van der Waals surface area contributed by atoms with Crippen LogP contribution in [0.25, 0.3) is 16.9 Å². The number of carbonyl (C=O) groups is 1. The van der Waals surface area contributed by atoms with Crippen molar-refractivity contribution in [2.45, 2.75) is 6.92 Å². The maximum atomic E-state index is 12.3. The minimum atomic E-state index is -0.373. The molecular formula is C20H17N5O2. The minimum Gasteiger partial charge on any atom is -0.321 e. The second-order valence-electron chi connectivity index (χ2n) is 6.26. The summed E-state index contributed by atoms with van der Waals surface area (Å²) in [5, 5.41) is 6.72. The normalized spacial score (nSPS) is 10.9. The van der Waals surface area contributed by atoms with Gasteiger partial charge in [-0.05, 0) is 36.8 Å². The Morgan fingerprint density at radius 1 is 1.07 bits per heavy atom. The van der Waals surface area contributed by atoms with Crippen LogP contribution in [0.1, 0.15) is 16.1 Å². The van der Waals surface area contributed by atoms with Gasteiger partial charge in [-0.15, -0.1) is 0 Å². The second kappa shape index (κ2) is 6.53. The lowest BCUT2D eigenvalue weighted by molar-refractivity contribution is 0.102. The van der Waals surface area contributed by atoms with Crippen LogP contribution in [0.4, 0.5) is 5.69 Å². The van der Waals surface area contributed by atoms with Crippen LogP contribution in [0.3, 0.4) is 0 Å². The average Bonchev–Trinajstić information content (AvgIpc) is 3.10. The molecule has 1 amide bonds. The molecule has 0 aliphatic rings. The van der Waals surface area contributed by atoms with E-state index in [-0.39, 0.29) is 17.2 Å². The smallest absolute Gasteiger partial charge is 0.276 e. The first kappa shape index (κ1) is 16.7. The zero-order chi connectivity index (χ0) is 19.0. The number of imidazole rings is 1. The Morgan fingerprint density at radius 3 is 2.56 bits per heavy atom. The van der Waals surface area contributed by atoms with Gasteiger partial charge >= 0.3 is 0 Å². The molecule has 0 atom stereocenters. The molecule has 4 aromatic rings. The van der Waals surface area contributed by atoms with Crippen molar-refractivity contribution in [1.29, 1.82) is 0 Å². The van der Waals surface area contributed by atoms with Crippen LogP contribution in [-0.2, 0) is 7.05 Å². The molecule has 4 rings (SSSR count). The van der Waals surface area contributed by atoms with E-state index in [1.165, 1.54) is 19.2 Å². The molecule has 27 heavy (non-hydrogen) atoms. The highest BCUT2D eigenvalue weighted by Crippen LogP contribution is 2.22. The van der Waals surface area contributed by atoms with Crippen molar-refractivity contribution in [2.24, 2.45) is 7.05 Å². The first-order valence-electron chi connectivity index (χ1n) is 8.42. The van der Waals surface area contributed by atoms with Gasteiger partial charge in [-0.1, -0.05) is 18.2 Å². The molecule has 0 unspecified atom stereocenters. The molecule has 0 fully saturated rings. The fraction of sp³-hybridized carbons (Fsp3) is 0.100. The van der Waals surface area contributed by atoms with Crippen LogP contribution in [0.2, 0.25) is 0 Å². The average molecular weight is 359 g/mol. The molecule has 3 aromatic heterocycles. The molecule has 7 nitrogen and oxygen atoms in total. The lowest BCUT2D eigenvalue weighted by Gasteiger charge is -2.06. The molecular weight excluding hydrogens is 342 g/mol. The lowest BCUT2D eigenvalue weighted by atomic mass is 10.1. The van der Waals surface area contributed by atoms with E-state index in [1.807, 2.05) is 60.1 Å². The Bertz CT molecular complexity index is 1210. The van der Waals surface area contributed by atoms with Crippen molar-refractivity contribution in [2.75, 3.05) is 5.32 Å². The van der Waals surface area contributed by atoms with Gasteiger partial charge in [0, 0.05) is 36.8 Å². The summed E-state index contributed by atoms with van der Waals surface area (Å²) in [6, 6.07) is 14.2. The number of carbonyl (C=O) groups excluding carboxylic acids is 1. The van der Waals surface area contributed by atoms with Gasteiger partial charge in [0.15, 0.2) is 0 Å². The van der Waals surface area contributed by atoms with Gasteiger partial charge in [0.05, 0.1) is 5.69 Å². The number of pyridine rings is 1. The summed E-state index contributed by atoms with van der Waals surface area (Å²) in [4.78, 5) is 28.3. The van der Waals surface area contributed by atoms with E-state index in [9.17, 15) is 9.59 Å². The van der Waals surface area contributed by atoms with Crippen molar-refractivity contribution in [3.05, 3.63) is 82.5 Å². The van der Waals surface area contributed by atoms with Crippen molar-refractivity contribution < 1.29 is 4.79 Å². The first-order valence-corrected chi connectivity index (χ1v) is 8.42. The fourth-order valence-electron chi connectivity index (χ4n) is 2.84. The van der Waals surface area contributed by atoms with Gasteiger partial charge in [0.25, 0.3) is 11.5 Å². The van der Waals surface area contributed by atoms with Crippen molar-refractivity contribution in [3.8, 4) is 11.3 Å². The van der Waals surface area contributed by atoms with Gasteiger partial charge in [0.2, 0.25) is 0 Å². The molecule has 0 bridgehead atoms. The Balaban J connectivity index is 1.56. The minimum absolute atomic E-state index is 0.178. The van der Waals surface area contributed by atoms with E-state index < -0.39 is 0 Å². The molecule has 0 radical (unpaired) electrons. The largest absolute Gasteiger partial charge is 0.321 e. The standard InChI is InChI=1S/C20H17N5O2/c1-13-4-3-11-25-12-17(22-19(13)25)14-5-7-15(8-6-14)21-20(27)16-9-10-18(26)24(2)23-16/h3-12H,1-2H3,(H,21,27). The number of aryl methyl sites for hydroxylation is 2. The number of nitrogens with one attached hydrogen (secondary N) is 1. The second-order valence-corrected chi connectivity index (χ2v) is 6.26. The first-order chi connectivity index (χ1) is 13.0. The zero-order valence-corrected chi connectivity index (χ0v) is 14.9. The number of amides is 1. The van der Waals surface area contributed by atoms with E-state index in [1.54, 1.807) is 0 Å². The summed E-state index contributed by atoms with van der Waals surface area (Å²) in [5.74, 6) is -0.373. The highest BCUT2D eigenvalue weighted by atomic mass is 16.2. The lowest BCUT2D eigenvalue weighted by Crippen LogP contribution is -2.23. The van der Waals surface area contributed by atoms with Crippen LogP contribution in [0.15, 0.2) is 65.7 Å². The number of benzene rings is 1. The number of hydrogen-bond acceptors (Lipinski definition) is 4. The van der Waals surface area contributed by atoms with Gasteiger partial charge in [0.1, 0.15) is 11.3 Å². The summed E-state index contributed by atoms with van der Waals surface area (Å²) in [5.41, 5.74) is 4.40. The number of anilines is 1. The Hall–Kier alpha value is -3.74. The highest BCUT2D eigenvalue weighted by Gasteiger charge is 2.10. The molecule has 7 heteroatoms. The summed E-state index contributed by atoms with van der Waals surface area (Å²) in [6.45, 7) is 2.03. The van der Waals surface area contributed by atoms with Crippen molar-refractivity contribution in [1.82, 2.24) is 19.2 Å². The summed E-state index contributed by atoms with van der Waals surface area (Å²) >= 11 is 0. The van der Waals surface area contributed by atoms with Crippen LogP contribution >= 0.6 is 0 Å². The van der Waals surface area contributed by atoms with Crippen LogP contribution in [0.5, 0.6) is 0 Å². The zero-order valence-electron chi connectivity index (χ0n) is 14.9. The topological polar surface area (TPSA) is 81.3 Å². The van der Waals surface area contributed by atoms with E-state index >= 15 is 0 Å². The number of rotatable bonds is 3. The maximum absolute atomic E-state index is 12.3. The molecule has 1 N–H and O–H groups in total. The summed E-state index contributed by atoms with van der Waals surface area (Å²) < 4.78 is 3.12. The molecule has 0 aliphatic heterocycles. The third-order valence-electron chi connectivity index (χ3n) is 4.31. The molecule has 0 aliphatic carbocycles. The fourth-order valence-corrected chi connectivity index (χ4v) is 2.84. The molecule has 1 aromatic carbocycles. The maximum Gasteiger partial charge on any atom is 0.276 e.